The van der Waals surface area contributed by atoms with E-state index in [4.69, 9.17) is 9.72 Å². The Balaban J connectivity index is 1.23. The predicted molar refractivity (Wildman–Crippen MR) is 149 cm³/mol. The lowest BCUT2D eigenvalue weighted by atomic mass is 10.0. The number of hydrogen-bond acceptors (Lipinski definition) is 6. The van der Waals surface area contributed by atoms with Gasteiger partial charge < -0.3 is 9.72 Å². The van der Waals surface area contributed by atoms with Crippen molar-refractivity contribution in [1.82, 2.24) is 35.0 Å². The Morgan fingerprint density at radius 1 is 0.923 bits per heavy atom. The number of pyridine rings is 2. The summed E-state index contributed by atoms with van der Waals surface area (Å²) in [7, 11) is 0. The van der Waals surface area contributed by atoms with E-state index in [1.54, 1.807) is 12.4 Å². The maximum Gasteiger partial charge on any atom is 0.159 e. The minimum atomic E-state index is -0.343. The van der Waals surface area contributed by atoms with Crippen LogP contribution in [0.4, 0.5) is 4.39 Å². The number of likely N-dealkylation sites (tertiary alicyclic amines) is 1. The zero-order valence-corrected chi connectivity index (χ0v) is 21.2. The Kier molecular flexibility index (Phi) is 5.97. The van der Waals surface area contributed by atoms with E-state index >= 15 is 0 Å². The van der Waals surface area contributed by atoms with Crippen molar-refractivity contribution < 1.29 is 9.13 Å². The molecular formula is C30H26FN7O. The van der Waals surface area contributed by atoms with Crippen LogP contribution in [0.5, 0.6) is 5.75 Å². The van der Waals surface area contributed by atoms with Crippen LogP contribution in [0.15, 0.2) is 73.1 Å². The third-order valence-corrected chi connectivity index (χ3v) is 7.17. The fourth-order valence-electron chi connectivity index (χ4n) is 5.23. The van der Waals surface area contributed by atoms with Crippen molar-refractivity contribution in [3.8, 4) is 39.8 Å². The summed E-state index contributed by atoms with van der Waals surface area (Å²) in [5.41, 5.74) is 6.10. The summed E-state index contributed by atoms with van der Waals surface area (Å²) < 4.78 is 20.6. The van der Waals surface area contributed by atoms with Crippen LogP contribution in [0.1, 0.15) is 12.8 Å². The van der Waals surface area contributed by atoms with Gasteiger partial charge in [0, 0.05) is 29.8 Å². The average molecular weight is 520 g/mol. The van der Waals surface area contributed by atoms with Crippen molar-refractivity contribution in [1.29, 1.82) is 0 Å². The molecule has 5 heterocycles. The molecule has 7 rings (SSSR count). The average Bonchev–Trinajstić information content (AvgIpc) is 3.72. The summed E-state index contributed by atoms with van der Waals surface area (Å²) in [6.07, 6.45) is 5.96. The maximum atomic E-state index is 14.7. The highest BCUT2D eigenvalue weighted by atomic mass is 19.1. The number of para-hydroxylation sites is 1. The van der Waals surface area contributed by atoms with Gasteiger partial charge >= 0.3 is 0 Å². The summed E-state index contributed by atoms with van der Waals surface area (Å²) in [6.45, 7) is 3.58. The Bertz CT molecular complexity index is 1770. The van der Waals surface area contributed by atoms with Gasteiger partial charge in [-0.25, -0.2) is 9.37 Å². The van der Waals surface area contributed by atoms with E-state index < -0.39 is 0 Å². The Labute approximate surface area is 223 Å². The fraction of sp³-hybridized carbons (Fsp3) is 0.200. The third-order valence-electron chi connectivity index (χ3n) is 7.17. The molecule has 9 heteroatoms. The number of imidazole rings is 1. The van der Waals surface area contributed by atoms with Crippen LogP contribution in [-0.4, -0.2) is 61.3 Å². The number of benzene rings is 2. The van der Waals surface area contributed by atoms with Gasteiger partial charge in [-0.15, -0.1) is 0 Å². The molecule has 1 fully saturated rings. The molecule has 0 aliphatic carbocycles. The van der Waals surface area contributed by atoms with Gasteiger partial charge in [0.1, 0.15) is 23.9 Å². The Hall–Kier alpha value is -4.63. The van der Waals surface area contributed by atoms with Crippen molar-refractivity contribution in [2.24, 2.45) is 0 Å². The Morgan fingerprint density at radius 3 is 2.72 bits per heavy atom. The first-order valence-electron chi connectivity index (χ1n) is 13.1. The second-order valence-electron chi connectivity index (χ2n) is 9.76. The zero-order valence-electron chi connectivity index (χ0n) is 21.2. The predicted octanol–water partition coefficient (Wildman–Crippen LogP) is 5.84. The van der Waals surface area contributed by atoms with Crippen LogP contribution in [0.25, 0.3) is 56.0 Å². The van der Waals surface area contributed by atoms with Crippen molar-refractivity contribution in [2.45, 2.75) is 12.8 Å². The van der Waals surface area contributed by atoms with E-state index in [9.17, 15) is 4.39 Å². The molecule has 1 saturated heterocycles. The number of nitrogens with zero attached hydrogens (tertiary/aromatic N) is 5. The number of hydrogen-bond donors (Lipinski definition) is 2. The number of rotatable bonds is 7. The molecule has 0 amide bonds. The lowest BCUT2D eigenvalue weighted by Crippen LogP contribution is -2.25. The molecule has 1 aliphatic rings. The standard InChI is InChI=1S/C30H26FN7O/c31-20-14-19(15-21(16-20)39-13-12-38-10-3-4-11-38)22-6-5-8-25-28(22)35-30(34-25)29-23-17-26(24-7-1-2-9-32-24)33-18-27(23)36-37-29/h1-2,5-9,14-18H,3-4,10-13H2,(H,34,35)(H,36,37). The van der Waals surface area contributed by atoms with E-state index in [1.807, 2.05) is 48.5 Å². The van der Waals surface area contributed by atoms with Gasteiger partial charge in [0.2, 0.25) is 0 Å². The highest BCUT2D eigenvalue weighted by Gasteiger charge is 2.17. The molecule has 1 aliphatic heterocycles. The number of H-pyrrole nitrogens is 2. The number of ether oxygens (including phenoxy) is 1. The van der Waals surface area contributed by atoms with Crippen molar-refractivity contribution >= 4 is 21.9 Å². The van der Waals surface area contributed by atoms with E-state index in [-0.39, 0.29) is 5.82 Å². The summed E-state index contributed by atoms with van der Waals surface area (Å²) in [6, 6.07) is 18.4. The molecule has 2 N–H and O–H groups in total. The normalized spacial score (nSPS) is 14.0. The number of nitrogens with one attached hydrogen (secondary N) is 2. The molecule has 0 radical (unpaired) electrons. The quantitative estimate of drug-likeness (QED) is 0.275. The first-order valence-corrected chi connectivity index (χ1v) is 13.1. The zero-order chi connectivity index (χ0) is 26.2. The van der Waals surface area contributed by atoms with Crippen LogP contribution in [0.2, 0.25) is 0 Å². The first-order chi connectivity index (χ1) is 19.2. The number of halogens is 1. The first kappa shape index (κ1) is 23.5. The highest BCUT2D eigenvalue weighted by Crippen LogP contribution is 2.34. The van der Waals surface area contributed by atoms with Gasteiger partial charge in [0.15, 0.2) is 5.82 Å². The molecule has 194 valence electrons. The SMILES string of the molecule is Fc1cc(OCCN2CCCC2)cc(-c2cccc3[nH]c(-c4n[nH]c5cnc(-c6ccccn6)cc45)nc23)c1. The van der Waals surface area contributed by atoms with E-state index in [0.29, 0.717) is 29.4 Å². The lowest BCUT2D eigenvalue weighted by molar-refractivity contribution is 0.237. The Morgan fingerprint density at radius 2 is 1.85 bits per heavy atom. The van der Waals surface area contributed by atoms with Gasteiger partial charge in [-0.05, 0) is 67.9 Å². The molecule has 4 aromatic heterocycles. The minimum Gasteiger partial charge on any atom is -0.492 e. The molecule has 0 atom stereocenters. The molecule has 2 aromatic carbocycles. The summed E-state index contributed by atoms with van der Waals surface area (Å²) in [4.78, 5) is 19.6. The minimum absolute atomic E-state index is 0.343. The second kappa shape index (κ2) is 9.92. The number of fused-ring (bicyclic) bond motifs is 2. The summed E-state index contributed by atoms with van der Waals surface area (Å²) in [5, 5.41) is 8.46. The molecule has 39 heavy (non-hydrogen) atoms. The van der Waals surface area contributed by atoms with Crippen LogP contribution in [0.3, 0.4) is 0 Å². The fourth-order valence-corrected chi connectivity index (χ4v) is 5.23. The molecule has 6 aromatic rings. The second-order valence-corrected chi connectivity index (χ2v) is 9.76. The number of aromatic nitrogens is 6. The largest absolute Gasteiger partial charge is 0.492 e. The van der Waals surface area contributed by atoms with Crippen molar-refractivity contribution in [2.75, 3.05) is 26.2 Å². The topological polar surface area (TPSA) is 95.6 Å². The molecular weight excluding hydrogens is 493 g/mol. The molecule has 0 spiro atoms. The van der Waals surface area contributed by atoms with Crippen LogP contribution < -0.4 is 4.74 Å². The van der Waals surface area contributed by atoms with Crippen molar-refractivity contribution in [3.05, 3.63) is 78.9 Å². The molecule has 0 unspecified atom stereocenters. The van der Waals surface area contributed by atoms with Crippen LogP contribution in [-0.2, 0) is 0 Å². The van der Waals surface area contributed by atoms with E-state index in [2.05, 4.69) is 30.0 Å². The number of aromatic amines is 2. The van der Waals surface area contributed by atoms with Crippen LogP contribution >= 0.6 is 0 Å². The molecule has 8 nitrogen and oxygen atoms in total. The van der Waals surface area contributed by atoms with E-state index in [1.165, 1.54) is 25.0 Å². The molecule has 0 bridgehead atoms. The summed E-state index contributed by atoms with van der Waals surface area (Å²) >= 11 is 0. The van der Waals surface area contributed by atoms with Gasteiger partial charge in [0.05, 0.1) is 34.1 Å². The van der Waals surface area contributed by atoms with Gasteiger partial charge in [0.25, 0.3) is 0 Å². The van der Waals surface area contributed by atoms with Gasteiger partial charge in [-0.3, -0.25) is 20.0 Å². The van der Waals surface area contributed by atoms with E-state index in [0.717, 1.165) is 58.5 Å². The van der Waals surface area contributed by atoms with Crippen molar-refractivity contribution in [3.63, 3.8) is 0 Å². The van der Waals surface area contributed by atoms with Gasteiger partial charge in [-0.1, -0.05) is 18.2 Å². The summed E-state index contributed by atoms with van der Waals surface area (Å²) in [5.74, 6) is 0.787. The maximum absolute atomic E-state index is 14.7. The molecule has 0 saturated carbocycles. The lowest BCUT2D eigenvalue weighted by Gasteiger charge is -2.15. The third kappa shape index (κ3) is 4.61. The van der Waals surface area contributed by atoms with Gasteiger partial charge in [-0.2, -0.15) is 5.10 Å². The smallest absolute Gasteiger partial charge is 0.159 e. The monoisotopic (exact) mass is 519 g/mol. The highest BCUT2D eigenvalue weighted by molar-refractivity contribution is 5.97. The van der Waals surface area contributed by atoms with Crippen LogP contribution in [0, 0.1) is 5.82 Å².